The van der Waals surface area contributed by atoms with Gasteiger partial charge >= 0.3 is 6.03 Å². The van der Waals surface area contributed by atoms with E-state index in [9.17, 15) is 18.0 Å². The van der Waals surface area contributed by atoms with Gasteiger partial charge in [0, 0.05) is 31.3 Å². The van der Waals surface area contributed by atoms with Gasteiger partial charge in [-0.3, -0.25) is 4.79 Å². The Labute approximate surface area is 213 Å². The Kier molecular flexibility index (Phi) is 4.99. The lowest BCUT2D eigenvalue weighted by Crippen LogP contribution is -2.45. The van der Waals surface area contributed by atoms with Gasteiger partial charge in [-0.25, -0.2) is 17.9 Å². The number of hydrogen-bond acceptors (Lipinski definition) is 5. The minimum atomic E-state index is -4.63. The van der Waals surface area contributed by atoms with Crippen LogP contribution in [0.1, 0.15) is 61.5 Å². The molecule has 3 rings (SSSR count). The van der Waals surface area contributed by atoms with Crippen LogP contribution < -0.4 is 20.1 Å². The van der Waals surface area contributed by atoms with Gasteiger partial charge in [-0.15, -0.1) is 0 Å². The van der Waals surface area contributed by atoms with Crippen molar-refractivity contribution >= 4 is 33.6 Å². The van der Waals surface area contributed by atoms with Crippen molar-refractivity contribution in [2.75, 3.05) is 13.7 Å². The van der Waals surface area contributed by atoms with Crippen LogP contribution >= 0.6 is 11.6 Å². The van der Waals surface area contributed by atoms with Gasteiger partial charge in [-0.2, -0.15) is 0 Å². The van der Waals surface area contributed by atoms with Crippen molar-refractivity contribution in [2.45, 2.75) is 49.2 Å². The molecule has 0 unspecified atom stereocenters. The number of benzene rings is 2. The summed E-state index contributed by atoms with van der Waals surface area (Å²) in [5, 5.41) is 4.69. The predicted molar refractivity (Wildman–Crippen MR) is 126 cm³/mol. The zero-order valence-corrected chi connectivity index (χ0v) is 18.9. The average molecular weight is 504 g/mol. The molecule has 0 radical (unpaired) electrons. The summed E-state index contributed by atoms with van der Waals surface area (Å²) in [6.07, 6.45) is -17.7. The van der Waals surface area contributed by atoms with E-state index in [1.165, 1.54) is 25.3 Å². The Balaban J connectivity index is 1.68. The normalized spacial score (nSPS) is 26.5. The molecule has 0 saturated heterocycles. The summed E-state index contributed by atoms with van der Waals surface area (Å²) in [4.78, 5) is 24.7. The molecular weight excluding hydrogens is 466 g/mol. The molecule has 33 heavy (non-hydrogen) atoms. The zero-order valence-electron chi connectivity index (χ0n) is 27.4. The molecule has 10 heteroatoms. The summed E-state index contributed by atoms with van der Waals surface area (Å²) < 4.78 is 112. The number of hydrogen-bond donors (Lipinski definition) is 3. The van der Waals surface area contributed by atoms with Crippen molar-refractivity contribution in [1.29, 1.82) is 0 Å². The van der Waals surface area contributed by atoms with Crippen molar-refractivity contribution in [2.24, 2.45) is 0 Å². The first-order chi connectivity index (χ1) is 19.5. The lowest BCUT2D eigenvalue weighted by molar-refractivity contribution is 0.0951. The van der Waals surface area contributed by atoms with Crippen molar-refractivity contribution < 1.29 is 36.5 Å². The van der Waals surface area contributed by atoms with E-state index in [1.54, 1.807) is 22.2 Å². The fraction of sp³-hybridized carbons (Fsp3) is 0.391. The first-order valence-corrected chi connectivity index (χ1v) is 11.4. The largest absolute Gasteiger partial charge is 0.496 e. The van der Waals surface area contributed by atoms with Crippen LogP contribution in [0.4, 0.5) is 4.79 Å². The number of rotatable bonds is 8. The molecule has 0 spiro atoms. The summed E-state index contributed by atoms with van der Waals surface area (Å²) in [6, 6.07) is 5.32. The van der Waals surface area contributed by atoms with Crippen LogP contribution in [-0.2, 0) is 16.4 Å². The second kappa shape index (κ2) is 11.4. The highest BCUT2D eigenvalue weighted by Gasteiger charge is 2.21. The molecule has 178 valence electrons. The summed E-state index contributed by atoms with van der Waals surface area (Å²) >= 11 is 5.95. The van der Waals surface area contributed by atoms with Crippen LogP contribution in [0.3, 0.4) is 0 Å². The van der Waals surface area contributed by atoms with Gasteiger partial charge in [-0.05, 0) is 55.1 Å². The Bertz CT molecular complexity index is 1480. The first-order valence-electron chi connectivity index (χ1n) is 14.6. The number of nitrogens with one attached hydrogen (secondary N) is 3. The van der Waals surface area contributed by atoms with Gasteiger partial charge in [0.25, 0.3) is 15.9 Å². The number of urea groups is 1. The van der Waals surface area contributed by atoms with E-state index in [0.29, 0.717) is 16.3 Å². The Hall–Kier alpha value is -2.78. The maximum atomic E-state index is 12.8. The second-order valence-electron chi connectivity index (χ2n) is 6.67. The Morgan fingerprint density at radius 2 is 1.82 bits per heavy atom. The molecule has 3 N–H and O–H groups in total. The second-order valence-corrected chi connectivity index (χ2v) is 8.79. The van der Waals surface area contributed by atoms with Crippen LogP contribution in [0.15, 0.2) is 47.4 Å². The predicted octanol–water partition coefficient (Wildman–Crippen LogP) is 3.64. The molecule has 0 atom stereocenters. The van der Waals surface area contributed by atoms with Gasteiger partial charge in [0.1, 0.15) is 5.75 Å². The third kappa shape index (κ3) is 7.10. The van der Waals surface area contributed by atoms with Crippen LogP contribution in [0.5, 0.6) is 5.75 Å². The zero-order chi connectivity index (χ0) is 32.8. The van der Waals surface area contributed by atoms with Crippen LogP contribution in [-0.4, -0.2) is 40.1 Å². The van der Waals surface area contributed by atoms with Gasteiger partial charge in [-0.1, -0.05) is 42.9 Å². The van der Waals surface area contributed by atoms with E-state index in [-0.39, 0.29) is 18.5 Å². The molecular formula is C23H28ClN3O5S. The number of carbonyl (C=O) groups is 2. The topological polar surface area (TPSA) is 114 Å². The minimum absolute atomic E-state index is 0.158. The molecule has 0 bridgehead atoms. The third-order valence-electron chi connectivity index (χ3n) is 4.40. The smallest absolute Gasteiger partial charge is 0.328 e. The Morgan fingerprint density at radius 3 is 2.48 bits per heavy atom. The summed E-state index contributed by atoms with van der Waals surface area (Å²) in [7, 11) is -3.23. The number of halogens is 1. The molecule has 1 saturated carbocycles. The summed E-state index contributed by atoms with van der Waals surface area (Å²) in [6.45, 7) is 0.158. The maximum Gasteiger partial charge on any atom is 0.328 e. The number of carbonyl (C=O) groups excluding carboxylic acids is 2. The molecule has 0 aliphatic heterocycles. The van der Waals surface area contributed by atoms with E-state index >= 15 is 0 Å². The molecule has 1 aliphatic rings. The molecule has 2 aromatic carbocycles. The monoisotopic (exact) mass is 503 g/mol. The molecule has 8 nitrogen and oxygen atoms in total. The van der Waals surface area contributed by atoms with Crippen molar-refractivity contribution in [3.8, 4) is 5.75 Å². The first kappa shape index (κ1) is 14.5. The van der Waals surface area contributed by atoms with Crippen molar-refractivity contribution in [3.63, 3.8) is 0 Å². The lowest BCUT2D eigenvalue weighted by atomic mass is 9.96. The molecule has 0 aromatic heterocycles. The highest BCUT2D eigenvalue weighted by Crippen LogP contribution is 2.22. The highest BCUT2D eigenvalue weighted by molar-refractivity contribution is 7.90. The lowest BCUT2D eigenvalue weighted by Gasteiger charge is -2.22. The van der Waals surface area contributed by atoms with Gasteiger partial charge in [0.05, 0.1) is 17.6 Å². The van der Waals surface area contributed by atoms with E-state index in [0.717, 1.165) is 12.1 Å². The highest BCUT2D eigenvalue weighted by atomic mass is 35.5. The standard InChI is InChI=1S/C23H28ClN3O5S/c1-32-21-12-9-17(24)15-20(21)22(28)25-14-13-16-7-10-19(11-8-16)33(30,31)27-23(29)26-18-5-3-2-4-6-18/h7-12,15,18H,2-6,13-14H2,1H3,(H,25,28)(H2,26,27,29)/i2D2,3D2,4D2,5D2,6D2. The van der Waals surface area contributed by atoms with Crippen molar-refractivity contribution in [1.82, 2.24) is 15.4 Å². The van der Waals surface area contributed by atoms with Crippen LogP contribution in [0.2, 0.25) is 5.02 Å². The van der Waals surface area contributed by atoms with Crippen LogP contribution in [0, 0.1) is 0 Å². The Morgan fingerprint density at radius 1 is 1.12 bits per heavy atom. The third-order valence-corrected chi connectivity index (χ3v) is 5.98. The van der Waals surface area contributed by atoms with Gasteiger partial charge < -0.3 is 15.4 Å². The van der Waals surface area contributed by atoms with Crippen molar-refractivity contribution in [3.05, 3.63) is 58.6 Å². The number of ether oxygens (including phenoxy) is 1. The van der Waals surface area contributed by atoms with E-state index in [1.807, 2.05) is 0 Å². The minimum Gasteiger partial charge on any atom is -0.496 e. The molecule has 3 amide bonds. The number of sulfonamides is 1. The summed E-state index contributed by atoms with van der Waals surface area (Å²) in [5.41, 5.74) is 0.824. The SMILES string of the molecule is [2H]C1([2H])C(NC(=O)NS(=O)(=O)c2ccc(CCNC(=O)c3cc(Cl)ccc3OC)cc2)C([2H])([2H])C([2H])([2H])C([2H])([2H])C1([2H])[2H]. The number of amides is 3. The number of methoxy groups -OCH3 is 1. The van der Waals surface area contributed by atoms with Gasteiger partial charge in [0.2, 0.25) is 0 Å². The molecule has 2 aromatic rings. The van der Waals surface area contributed by atoms with Crippen LogP contribution in [0.25, 0.3) is 0 Å². The average Bonchev–Trinajstić information content (AvgIpc) is 2.90. The van der Waals surface area contributed by atoms with E-state index in [4.69, 9.17) is 30.0 Å². The summed E-state index contributed by atoms with van der Waals surface area (Å²) in [5.74, 6) is -0.125. The maximum absolute atomic E-state index is 12.8. The fourth-order valence-corrected chi connectivity index (χ4v) is 3.89. The van der Waals surface area contributed by atoms with Gasteiger partial charge in [0.15, 0.2) is 0 Å². The van der Waals surface area contributed by atoms with E-state index < -0.39 is 64.8 Å². The fourth-order valence-electron chi connectivity index (χ4n) is 2.81. The molecule has 0 heterocycles. The molecule has 1 fully saturated rings. The quantitative estimate of drug-likeness (QED) is 0.509. The van der Waals surface area contributed by atoms with E-state index in [2.05, 4.69) is 5.32 Å². The molecule has 1 aliphatic carbocycles.